The number of esters is 1. The summed E-state index contributed by atoms with van der Waals surface area (Å²) in [7, 11) is 1.27. The molecule has 1 N–H and O–H groups in total. The van der Waals surface area contributed by atoms with E-state index in [-0.39, 0.29) is 11.3 Å². The van der Waals surface area contributed by atoms with Crippen molar-refractivity contribution in [1.29, 1.82) is 0 Å². The van der Waals surface area contributed by atoms with Crippen LogP contribution in [0.4, 0.5) is 0 Å². The summed E-state index contributed by atoms with van der Waals surface area (Å²) in [5.41, 5.74) is 3.46. The third kappa shape index (κ3) is 3.03. The molecule has 3 heterocycles. The highest BCUT2D eigenvalue weighted by Gasteiger charge is 2.25. The topological polar surface area (TPSA) is 85.7 Å². The minimum atomic E-state index is -1.09. The number of benzene rings is 1. The van der Waals surface area contributed by atoms with Gasteiger partial charge in [-0.05, 0) is 42.1 Å². The number of nitrogens with zero attached hydrogens (tertiary/aromatic N) is 1. The maximum Gasteiger partial charge on any atom is 0.357 e. The number of fused-ring (bicyclic) bond motifs is 3. The van der Waals surface area contributed by atoms with Crippen molar-refractivity contribution in [1.82, 2.24) is 4.98 Å². The van der Waals surface area contributed by atoms with Gasteiger partial charge in [0.1, 0.15) is 5.75 Å². The van der Waals surface area contributed by atoms with Crippen LogP contribution in [0.5, 0.6) is 5.75 Å². The Morgan fingerprint density at radius 1 is 1.18 bits per heavy atom. The summed E-state index contributed by atoms with van der Waals surface area (Å²) in [5, 5.41) is 11.9. The lowest BCUT2D eigenvalue weighted by molar-refractivity contribution is 0.0593. The molecule has 7 heteroatoms. The Morgan fingerprint density at radius 3 is 2.75 bits per heavy atom. The van der Waals surface area contributed by atoms with Crippen LogP contribution in [0.25, 0.3) is 21.6 Å². The molecule has 28 heavy (non-hydrogen) atoms. The lowest BCUT2D eigenvalue weighted by Crippen LogP contribution is -2.10. The molecule has 0 fully saturated rings. The Morgan fingerprint density at radius 2 is 2.00 bits per heavy atom. The molecule has 1 aliphatic heterocycles. The van der Waals surface area contributed by atoms with Crippen molar-refractivity contribution in [3.63, 3.8) is 0 Å². The molecule has 0 spiro atoms. The predicted molar refractivity (Wildman–Crippen MR) is 105 cm³/mol. The Bertz CT molecular complexity index is 1100. The van der Waals surface area contributed by atoms with Crippen LogP contribution in [0, 0.1) is 6.92 Å². The van der Waals surface area contributed by atoms with E-state index in [1.807, 2.05) is 11.4 Å². The van der Waals surface area contributed by atoms with Gasteiger partial charge in [-0.1, -0.05) is 6.07 Å². The molecule has 0 saturated heterocycles. The normalized spacial score (nSPS) is 12.4. The standard InChI is InChI=1S/C21H17NO5S/c1-11-3-4-13(18(22-11)21(25)26-2)14-10-17-16(9-15(14)20(23)24)19-12(5-7-27-17)6-8-28-19/h3-4,6,8-10H,5,7H2,1-2H3,(H,23,24). The summed E-state index contributed by atoms with van der Waals surface area (Å²) in [4.78, 5) is 29.6. The van der Waals surface area contributed by atoms with E-state index in [1.165, 1.54) is 7.11 Å². The van der Waals surface area contributed by atoms with Crippen molar-refractivity contribution < 1.29 is 24.2 Å². The van der Waals surface area contributed by atoms with E-state index in [2.05, 4.69) is 4.98 Å². The Kier molecular flexibility index (Phi) is 4.60. The predicted octanol–water partition coefficient (Wildman–Crippen LogP) is 4.21. The smallest absolute Gasteiger partial charge is 0.357 e. The molecule has 0 saturated carbocycles. The van der Waals surface area contributed by atoms with Crippen molar-refractivity contribution in [3.8, 4) is 27.3 Å². The van der Waals surface area contributed by atoms with E-state index in [0.717, 1.165) is 22.4 Å². The number of carboxylic acid groups (broad SMARTS) is 1. The van der Waals surface area contributed by atoms with E-state index in [4.69, 9.17) is 9.47 Å². The third-order valence-electron chi connectivity index (χ3n) is 4.67. The average molecular weight is 395 g/mol. The number of carbonyl (C=O) groups excluding carboxylic acids is 1. The monoisotopic (exact) mass is 395 g/mol. The number of aryl methyl sites for hydroxylation is 1. The first kappa shape index (κ1) is 18.2. The highest BCUT2D eigenvalue weighted by Crippen LogP contribution is 2.43. The van der Waals surface area contributed by atoms with Gasteiger partial charge in [-0.3, -0.25) is 0 Å². The largest absolute Gasteiger partial charge is 0.493 e. The molecule has 1 aliphatic rings. The van der Waals surface area contributed by atoms with Crippen LogP contribution in [0.3, 0.4) is 0 Å². The van der Waals surface area contributed by atoms with Gasteiger partial charge in [0, 0.05) is 33.7 Å². The van der Waals surface area contributed by atoms with Gasteiger partial charge in [0.2, 0.25) is 0 Å². The van der Waals surface area contributed by atoms with E-state index >= 15 is 0 Å². The van der Waals surface area contributed by atoms with Crippen LogP contribution in [0.15, 0.2) is 35.7 Å². The highest BCUT2D eigenvalue weighted by atomic mass is 32.1. The summed E-state index contributed by atoms with van der Waals surface area (Å²) in [5.74, 6) is -1.11. The summed E-state index contributed by atoms with van der Waals surface area (Å²) in [6, 6.07) is 8.76. The number of rotatable bonds is 3. The molecular weight excluding hydrogens is 378 g/mol. The summed E-state index contributed by atoms with van der Waals surface area (Å²) >= 11 is 1.56. The molecule has 1 aromatic carbocycles. The number of thiophene rings is 1. The molecule has 4 rings (SSSR count). The molecule has 0 unspecified atom stereocenters. The van der Waals surface area contributed by atoms with Crippen LogP contribution in [0.2, 0.25) is 0 Å². The molecular formula is C21H17NO5S. The Labute approximate surface area is 165 Å². The van der Waals surface area contributed by atoms with Crippen LogP contribution in [0.1, 0.15) is 32.1 Å². The van der Waals surface area contributed by atoms with Crippen molar-refractivity contribution in [2.45, 2.75) is 13.3 Å². The van der Waals surface area contributed by atoms with Crippen LogP contribution >= 0.6 is 11.3 Å². The fourth-order valence-electron chi connectivity index (χ4n) is 3.34. The van der Waals surface area contributed by atoms with E-state index < -0.39 is 11.9 Å². The number of ether oxygens (including phenoxy) is 2. The molecule has 3 aromatic rings. The van der Waals surface area contributed by atoms with Crippen LogP contribution < -0.4 is 4.74 Å². The SMILES string of the molecule is COC(=O)c1nc(C)ccc1-c1cc2c(cc1C(=O)O)-c1sccc1CCO2. The fraction of sp³-hybridized carbons (Fsp3) is 0.190. The zero-order valence-electron chi connectivity index (χ0n) is 15.3. The first-order valence-corrected chi connectivity index (χ1v) is 9.54. The maximum atomic E-state index is 12.3. The minimum absolute atomic E-state index is 0.0791. The van der Waals surface area contributed by atoms with Crippen LogP contribution in [-0.4, -0.2) is 35.7 Å². The molecule has 0 amide bonds. The molecule has 0 radical (unpaired) electrons. The van der Waals surface area contributed by atoms with E-state index in [9.17, 15) is 14.7 Å². The molecule has 0 atom stereocenters. The average Bonchev–Trinajstić information content (AvgIpc) is 3.08. The minimum Gasteiger partial charge on any atom is -0.493 e. The third-order valence-corrected chi connectivity index (χ3v) is 5.66. The second-order valence-electron chi connectivity index (χ2n) is 6.41. The number of aromatic carboxylic acids is 1. The number of hydrogen-bond acceptors (Lipinski definition) is 6. The van der Waals surface area contributed by atoms with Gasteiger partial charge in [-0.2, -0.15) is 0 Å². The van der Waals surface area contributed by atoms with Gasteiger partial charge in [0.05, 0.1) is 19.3 Å². The van der Waals surface area contributed by atoms with Gasteiger partial charge in [0.25, 0.3) is 0 Å². The summed E-state index contributed by atoms with van der Waals surface area (Å²) in [6.07, 6.45) is 0.755. The maximum absolute atomic E-state index is 12.3. The first-order chi connectivity index (χ1) is 13.5. The van der Waals surface area contributed by atoms with Crippen molar-refractivity contribution in [2.75, 3.05) is 13.7 Å². The Balaban J connectivity index is 1.99. The number of hydrogen-bond donors (Lipinski definition) is 1. The second kappa shape index (κ2) is 7.09. The number of carboxylic acids is 1. The van der Waals surface area contributed by atoms with E-state index in [0.29, 0.717) is 29.2 Å². The lowest BCUT2D eigenvalue weighted by Gasteiger charge is -2.15. The van der Waals surface area contributed by atoms with Crippen molar-refractivity contribution in [3.05, 3.63) is 58.2 Å². The van der Waals surface area contributed by atoms with Gasteiger partial charge in [-0.25, -0.2) is 14.6 Å². The van der Waals surface area contributed by atoms with Crippen LogP contribution in [-0.2, 0) is 11.2 Å². The number of carbonyl (C=O) groups is 2. The number of aromatic nitrogens is 1. The van der Waals surface area contributed by atoms with Gasteiger partial charge in [-0.15, -0.1) is 11.3 Å². The quantitative estimate of drug-likeness (QED) is 0.669. The summed E-state index contributed by atoms with van der Waals surface area (Å²) < 4.78 is 10.8. The Hall–Kier alpha value is -3.19. The van der Waals surface area contributed by atoms with Gasteiger partial charge < -0.3 is 14.6 Å². The molecule has 6 nitrogen and oxygen atoms in total. The molecule has 0 aliphatic carbocycles. The zero-order chi connectivity index (χ0) is 19.8. The van der Waals surface area contributed by atoms with Gasteiger partial charge in [0.15, 0.2) is 5.69 Å². The first-order valence-electron chi connectivity index (χ1n) is 8.67. The summed E-state index contributed by atoms with van der Waals surface area (Å²) in [6.45, 7) is 2.26. The second-order valence-corrected chi connectivity index (χ2v) is 7.33. The molecule has 142 valence electrons. The lowest BCUT2D eigenvalue weighted by atomic mass is 9.94. The number of methoxy groups -OCH3 is 1. The number of pyridine rings is 1. The molecule has 0 bridgehead atoms. The van der Waals surface area contributed by atoms with Crippen molar-refractivity contribution >= 4 is 23.3 Å². The molecule has 2 aromatic heterocycles. The fourth-order valence-corrected chi connectivity index (χ4v) is 4.32. The van der Waals surface area contributed by atoms with E-state index in [1.54, 1.807) is 42.5 Å². The van der Waals surface area contributed by atoms with Gasteiger partial charge >= 0.3 is 11.9 Å². The zero-order valence-corrected chi connectivity index (χ0v) is 16.1. The van der Waals surface area contributed by atoms with Crippen molar-refractivity contribution in [2.24, 2.45) is 0 Å². The highest BCUT2D eigenvalue weighted by molar-refractivity contribution is 7.13.